The zero-order chi connectivity index (χ0) is 25.5. The van der Waals surface area contributed by atoms with Crippen LogP contribution in [-0.2, 0) is 30.9 Å². The standard InChI is InChI=1S/C24H31N3O6S/c1-16(2)22(26-23(29)18-11-8-9-17(3)13-18)24(30)33-15-21(28)25-14-19-10-6-7-12-20(19)34(31,32)27(4)5/h6-13,16,22H,14-15H2,1-5H3,(H,25,28)(H,26,29)/t22-/m0/s1. The summed E-state index contributed by atoms with van der Waals surface area (Å²) in [6.45, 7) is 4.75. The Bertz CT molecular complexity index is 1140. The Morgan fingerprint density at radius 2 is 1.71 bits per heavy atom. The fourth-order valence-corrected chi connectivity index (χ4v) is 4.19. The van der Waals surface area contributed by atoms with Gasteiger partial charge in [0.15, 0.2) is 6.61 Å². The van der Waals surface area contributed by atoms with Gasteiger partial charge in [0.25, 0.3) is 11.8 Å². The molecule has 2 amide bonds. The molecule has 0 aromatic heterocycles. The number of carbonyl (C=O) groups excluding carboxylic acids is 3. The van der Waals surface area contributed by atoms with Gasteiger partial charge >= 0.3 is 5.97 Å². The van der Waals surface area contributed by atoms with Gasteiger partial charge in [0.1, 0.15) is 6.04 Å². The topological polar surface area (TPSA) is 122 Å². The molecule has 0 aliphatic heterocycles. The molecule has 0 unspecified atom stereocenters. The fourth-order valence-electron chi connectivity index (χ4n) is 3.08. The Labute approximate surface area is 200 Å². The average molecular weight is 490 g/mol. The predicted octanol–water partition coefficient (Wildman–Crippen LogP) is 1.86. The van der Waals surface area contributed by atoms with Crippen molar-refractivity contribution in [3.63, 3.8) is 0 Å². The van der Waals surface area contributed by atoms with Crippen LogP contribution in [0, 0.1) is 12.8 Å². The van der Waals surface area contributed by atoms with E-state index in [2.05, 4.69) is 10.6 Å². The second kappa shape index (κ2) is 11.8. The number of sulfonamides is 1. The lowest BCUT2D eigenvalue weighted by Crippen LogP contribution is -2.46. The van der Waals surface area contributed by atoms with Gasteiger partial charge in [-0.3, -0.25) is 9.59 Å². The van der Waals surface area contributed by atoms with Crippen LogP contribution in [0.4, 0.5) is 0 Å². The third kappa shape index (κ3) is 7.13. The first-order chi connectivity index (χ1) is 15.9. The van der Waals surface area contributed by atoms with Gasteiger partial charge in [0.2, 0.25) is 10.0 Å². The number of nitrogens with zero attached hydrogens (tertiary/aromatic N) is 1. The van der Waals surface area contributed by atoms with Crippen molar-refractivity contribution in [3.05, 3.63) is 65.2 Å². The van der Waals surface area contributed by atoms with Gasteiger partial charge in [-0.05, 0) is 36.6 Å². The van der Waals surface area contributed by atoms with E-state index >= 15 is 0 Å². The largest absolute Gasteiger partial charge is 0.454 e. The van der Waals surface area contributed by atoms with Crippen molar-refractivity contribution in [3.8, 4) is 0 Å². The van der Waals surface area contributed by atoms with E-state index in [1.807, 2.05) is 13.0 Å². The molecular weight excluding hydrogens is 458 g/mol. The van der Waals surface area contributed by atoms with Crippen LogP contribution in [0.15, 0.2) is 53.4 Å². The Morgan fingerprint density at radius 1 is 1.03 bits per heavy atom. The van der Waals surface area contributed by atoms with Crippen molar-refractivity contribution < 1.29 is 27.5 Å². The van der Waals surface area contributed by atoms with Gasteiger partial charge in [-0.1, -0.05) is 49.7 Å². The molecule has 0 aliphatic rings. The summed E-state index contributed by atoms with van der Waals surface area (Å²) >= 11 is 0. The van der Waals surface area contributed by atoms with E-state index in [0.29, 0.717) is 11.1 Å². The summed E-state index contributed by atoms with van der Waals surface area (Å²) < 4.78 is 31.1. The molecule has 0 heterocycles. The minimum atomic E-state index is -3.68. The zero-order valence-corrected chi connectivity index (χ0v) is 20.8. The summed E-state index contributed by atoms with van der Waals surface area (Å²) in [7, 11) is -0.835. The smallest absolute Gasteiger partial charge is 0.329 e. The molecule has 2 rings (SSSR count). The number of hydrogen-bond acceptors (Lipinski definition) is 6. The van der Waals surface area contributed by atoms with Crippen LogP contribution in [0.5, 0.6) is 0 Å². The number of carbonyl (C=O) groups is 3. The molecule has 2 aromatic rings. The highest BCUT2D eigenvalue weighted by Crippen LogP contribution is 2.18. The molecule has 0 radical (unpaired) electrons. The fraction of sp³-hybridized carbons (Fsp3) is 0.375. The van der Waals surface area contributed by atoms with E-state index in [0.717, 1.165) is 9.87 Å². The van der Waals surface area contributed by atoms with E-state index in [1.165, 1.54) is 20.2 Å². The van der Waals surface area contributed by atoms with Crippen LogP contribution in [0.25, 0.3) is 0 Å². The van der Waals surface area contributed by atoms with Gasteiger partial charge < -0.3 is 15.4 Å². The third-order valence-electron chi connectivity index (χ3n) is 5.04. The second-order valence-electron chi connectivity index (χ2n) is 8.34. The maximum atomic E-state index is 12.6. The lowest BCUT2D eigenvalue weighted by molar-refractivity contribution is -0.151. The van der Waals surface area contributed by atoms with Gasteiger partial charge in [0.05, 0.1) is 4.90 Å². The number of esters is 1. The number of aryl methyl sites for hydroxylation is 1. The summed E-state index contributed by atoms with van der Waals surface area (Å²) in [5.74, 6) is -2.02. The Morgan fingerprint density at radius 3 is 2.32 bits per heavy atom. The molecular formula is C24H31N3O6S. The van der Waals surface area contributed by atoms with Crippen molar-refractivity contribution in [1.82, 2.24) is 14.9 Å². The summed E-state index contributed by atoms with van der Waals surface area (Å²) in [6, 6.07) is 12.3. The maximum absolute atomic E-state index is 12.6. The van der Waals surface area contributed by atoms with Gasteiger partial charge in [-0.25, -0.2) is 17.5 Å². The quantitative estimate of drug-likeness (QED) is 0.491. The van der Waals surface area contributed by atoms with Crippen LogP contribution in [0.3, 0.4) is 0 Å². The summed E-state index contributed by atoms with van der Waals surface area (Å²) in [5, 5.41) is 5.22. The van der Waals surface area contributed by atoms with E-state index in [4.69, 9.17) is 4.74 Å². The highest BCUT2D eigenvalue weighted by atomic mass is 32.2. The number of hydrogen-bond donors (Lipinski definition) is 2. The summed E-state index contributed by atoms with van der Waals surface area (Å²) in [5.41, 5.74) is 1.73. The second-order valence-corrected chi connectivity index (χ2v) is 10.5. The highest BCUT2D eigenvalue weighted by molar-refractivity contribution is 7.89. The van der Waals surface area contributed by atoms with E-state index < -0.39 is 40.5 Å². The van der Waals surface area contributed by atoms with E-state index in [1.54, 1.807) is 50.2 Å². The number of benzene rings is 2. The van der Waals surface area contributed by atoms with Gasteiger partial charge in [-0.15, -0.1) is 0 Å². The molecule has 10 heteroatoms. The maximum Gasteiger partial charge on any atom is 0.329 e. The van der Waals surface area contributed by atoms with Crippen molar-refractivity contribution >= 4 is 27.8 Å². The van der Waals surface area contributed by atoms with E-state index in [9.17, 15) is 22.8 Å². The van der Waals surface area contributed by atoms with Crippen molar-refractivity contribution in [2.75, 3.05) is 20.7 Å². The first-order valence-corrected chi connectivity index (χ1v) is 12.2. The molecule has 1 atom stereocenters. The minimum Gasteiger partial charge on any atom is -0.454 e. The van der Waals surface area contributed by atoms with Crippen LogP contribution >= 0.6 is 0 Å². The Kier molecular flexibility index (Phi) is 9.34. The molecule has 34 heavy (non-hydrogen) atoms. The van der Waals surface area contributed by atoms with E-state index in [-0.39, 0.29) is 17.4 Å². The molecule has 0 saturated heterocycles. The predicted molar refractivity (Wildman–Crippen MR) is 127 cm³/mol. The van der Waals surface area contributed by atoms with Crippen molar-refractivity contribution in [2.24, 2.45) is 5.92 Å². The van der Waals surface area contributed by atoms with Gasteiger partial charge in [-0.2, -0.15) is 0 Å². The van der Waals surface area contributed by atoms with Crippen molar-refractivity contribution in [1.29, 1.82) is 0 Å². The molecule has 2 N–H and O–H groups in total. The summed E-state index contributed by atoms with van der Waals surface area (Å²) in [6.07, 6.45) is 0. The molecule has 0 spiro atoms. The molecule has 2 aromatic carbocycles. The Balaban J connectivity index is 1.96. The van der Waals surface area contributed by atoms with Crippen LogP contribution in [0.2, 0.25) is 0 Å². The molecule has 0 bridgehead atoms. The Hall–Kier alpha value is -3.24. The number of rotatable bonds is 10. The average Bonchev–Trinajstić information content (AvgIpc) is 2.79. The minimum absolute atomic E-state index is 0.0582. The monoisotopic (exact) mass is 489 g/mol. The first kappa shape index (κ1) is 27.0. The van der Waals surface area contributed by atoms with Crippen LogP contribution in [0.1, 0.15) is 35.3 Å². The lowest BCUT2D eigenvalue weighted by atomic mass is 10.0. The van der Waals surface area contributed by atoms with Gasteiger partial charge in [0, 0.05) is 26.2 Å². The normalized spacial score (nSPS) is 12.3. The molecule has 184 valence electrons. The lowest BCUT2D eigenvalue weighted by Gasteiger charge is -2.21. The number of nitrogens with one attached hydrogen (secondary N) is 2. The third-order valence-corrected chi connectivity index (χ3v) is 6.96. The number of amides is 2. The highest BCUT2D eigenvalue weighted by Gasteiger charge is 2.27. The molecule has 0 aliphatic carbocycles. The van der Waals surface area contributed by atoms with Crippen molar-refractivity contribution in [2.45, 2.75) is 38.3 Å². The summed E-state index contributed by atoms with van der Waals surface area (Å²) in [4.78, 5) is 37.4. The first-order valence-electron chi connectivity index (χ1n) is 10.7. The SMILES string of the molecule is Cc1cccc(C(=O)N[C@H](C(=O)OCC(=O)NCc2ccccc2S(=O)(=O)N(C)C)C(C)C)c1. The zero-order valence-electron chi connectivity index (χ0n) is 20.0. The van der Waals surface area contributed by atoms with Crippen LogP contribution < -0.4 is 10.6 Å². The number of ether oxygens (including phenoxy) is 1. The molecule has 9 nitrogen and oxygen atoms in total. The molecule has 0 saturated carbocycles. The molecule has 0 fully saturated rings. The van der Waals surface area contributed by atoms with Crippen LogP contribution in [-0.4, -0.2) is 57.3 Å².